The topological polar surface area (TPSA) is 52.6 Å². The predicted molar refractivity (Wildman–Crippen MR) is 93.7 cm³/mol. The molecule has 4 heteroatoms. The minimum atomic E-state index is -0.141. The first-order valence-corrected chi connectivity index (χ1v) is 8.23. The van der Waals surface area contributed by atoms with E-state index in [0.717, 1.165) is 12.0 Å². The average Bonchev–Trinajstić information content (AvgIpc) is 2.52. The van der Waals surface area contributed by atoms with Gasteiger partial charge in [0.25, 0.3) is 0 Å². The van der Waals surface area contributed by atoms with Gasteiger partial charge in [-0.1, -0.05) is 32.9 Å². The first-order chi connectivity index (χ1) is 11.2. The molecule has 1 aromatic rings. The van der Waals surface area contributed by atoms with Crippen molar-refractivity contribution in [2.24, 2.45) is 5.41 Å². The van der Waals surface area contributed by atoms with E-state index in [0.29, 0.717) is 29.9 Å². The van der Waals surface area contributed by atoms with E-state index in [1.807, 2.05) is 18.2 Å². The van der Waals surface area contributed by atoms with E-state index >= 15 is 0 Å². The van der Waals surface area contributed by atoms with Gasteiger partial charge in [0.15, 0.2) is 11.6 Å². The van der Waals surface area contributed by atoms with Gasteiger partial charge in [-0.25, -0.2) is 0 Å². The van der Waals surface area contributed by atoms with E-state index in [9.17, 15) is 9.59 Å². The molecule has 0 unspecified atom stereocenters. The number of Topliss-reactive ketones (excluding diaryl/α,β-unsaturated/α-hetero) is 2. The van der Waals surface area contributed by atoms with Crippen molar-refractivity contribution in [3.8, 4) is 11.5 Å². The molecule has 0 amide bonds. The quantitative estimate of drug-likeness (QED) is 0.616. The van der Waals surface area contributed by atoms with Crippen LogP contribution in [0.3, 0.4) is 0 Å². The Morgan fingerprint density at radius 3 is 2.21 bits per heavy atom. The van der Waals surface area contributed by atoms with Crippen molar-refractivity contribution in [1.29, 1.82) is 0 Å². The van der Waals surface area contributed by atoms with Gasteiger partial charge in [0.2, 0.25) is 0 Å². The molecule has 0 heterocycles. The molecule has 1 aromatic carbocycles. The van der Waals surface area contributed by atoms with Crippen LogP contribution >= 0.6 is 0 Å². The van der Waals surface area contributed by atoms with E-state index in [1.165, 1.54) is 0 Å². The van der Waals surface area contributed by atoms with Crippen molar-refractivity contribution in [3.63, 3.8) is 0 Å². The second-order valence-electron chi connectivity index (χ2n) is 7.44. The maximum atomic E-state index is 12.5. The van der Waals surface area contributed by atoms with Gasteiger partial charge in [0.1, 0.15) is 11.5 Å². The lowest BCUT2D eigenvalue weighted by Gasteiger charge is -2.25. The minimum Gasteiger partial charge on any atom is -0.497 e. The van der Waals surface area contributed by atoms with Crippen LogP contribution in [-0.4, -0.2) is 25.8 Å². The van der Waals surface area contributed by atoms with Gasteiger partial charge in [0, 0.05) is 24.8 Å². The molecular weight excluding hydrogens is 304 g/mol. The Bertz CT molecular complexity index is 645. The molecule has 0 bridgehead atoms. The highest BCUT2D eigenvalue weighted by Gasteiger charge is 2.32. The maximum absolute atomic E-state index is 12.5. The summed E-state index contributed by atoms with van der Waals surface area (Å²) in [5.41, 5.74) is 1.31. The van der Waals surface area contributed by atoms with Gasteiger partial charge in [-0.15, -0.1) is 0 Å². The highest BCUT2D eigenvalue weighted by Crippen LogP contribution is 2.38. The van der Waals surface area contributed by atoms with Crippen LogP contribution in [0, 0.1) is 5.41 Å². The standard InChI is InChI=1S/C20H26O4/c1-20(2,3)9-8-16-17(21)10-13(11-18(16)22)15-7-6-14(23-4)12-19(15)24-5/h6-8,12-13H,9-11H2,1-5H3. The zero-order valence-electron chi connectivity index (χ0n) is 15.1. The van der Waals surface area contributed by atoms with Crippen LogP contribution in [0.1, 0.15) is 51.5 Å². The van der Waals surface area contributed by atoms with Crippen molar-refractivity contribution in [2.45, 2.75) is 46.0 Å². The third kappa shape index (κ3) is 4.25. The number of carbonyl (C=O) groups excluding carboxylic acids is 2. The van der Waals surface area contributed by atoms with Gasteiger partial charge >= 0.3 is 0 Å². The van der Waals surface area contributed by atoms with Gasteiger partial charge in [-0.2, -0.15) is 0 Å². The van der Waals surface area contributed by atoms with Crippen LogP contribution < -0.4 is 9.47 Å². The van der Waals surface area contributed by atoms with Crippen molar-refractivity contribution in [2.75, 3.05) is 14.2 Å². The molecule has 0 radical (unpaired) electrons. The number of allylic oxidation sites excluding steroid dienone is 2. The third-order valence-corrected chi connectivity index (χ3v) is 4.26. The average molecular weight is 330 g/mol. The Morgan fingerprint density at radius 2 is 1.71 bits per heavy atom. The van der Waals surface area contributed by atoms with Gasteiger partial charge in [-0.05, 0) is 23.5 Å². The van der Waals surface area contributed by atoms with Crippen LogP contribution in [0.25, 0.3) is 0 Å². The molecule has 0 spiro atoms. The Hall–Kier alpha value is -2.10. The van der Waals surface area contributed by atoms with Crippen molar-refractivity contribution >= 4 is 11.6 Å². The first kappa shape index (κ1) is 18.2. The predicted octanol–water partition coefficient (Wildman–Crippen LogP) is 4.08. The van der Waals surface area contributed by atoms with Crippen LogP contribution in [-0.2, 0) is 9.59 Å². The summed E-state index contributed by atoms with van der Waals surface area (Å²) in [6.45, 7) is 6.27. The molecule has 1 fully saturated rings. The van der Waals surface area contributed by atoms with Crippen LogP contribution in [0.2, 0.25) is 0 Å². The molecule has 2 rings (SSSR count). The number of hydrogen-bond donors (Lipinski definition) is 0. The zero-order valence-corrected chi connectivity index (χ0v) is 15.1. The van der Waals surface area contributed by atoms with Crippen molar-refractivity contribution in [1.82, 2.24) is 0 Å². The summed E-state index contributed by atoms with van der Waals surface area (Å²) in [4.78, 5) is 24.9. The van der Waals surface area contributed by atoms with Crippen molar-refractivity contribution in [3.05, 3.63) is 35.4 Å². The number of benzene rings is 1. The number of hydrogen-bond acceptors (Lipinski definition) is 4. The zero-order chi connectivity index (χ0) is 17.9. The van der Waals surface area contributed by atoms with Gasteiger partial charge in [-0.3, -0.25) is 9.59 Å². The van der Waals surface area contributed by atoms with E-state index in [-0.39, 0.29) is 22.9 Å². The Kier molecular flexibility index (Phi) is 5.47. The molecule has 0 saturated heterocycles. The SMILES string of the molecule is COc1ccc(C2CC(=O)C(=CCC(C)(C)C)C(=O)C2)c(OC)c1. The summed E-state index contributed by atoms with van der Waals surface area (Å²) >= 11 is 0. The number of ether oxygens (including phenoxy) is 2. The molecule has 1 aliphatic carbocycles. The molecule has 130 valence electrons. The second kappa shape index (κ2) is 7.20. The lowest BCUT2D eigenvalue weighted by atomic mass is 9.78. The minimum absolute atomic E-state index is 0.0591. The van der Waals surface area contributed by atoms with Gasteiger partial charge < -0.3 is 9.47 Å². The van der Waals surface area contributed by atoms with Gasteiger partial charge in [0.05, 0.1) is 19.8 Å². The normalized spacial score (nSPS) is 18.5. The molecule has 24 heavy (non-hydrogen) atoms. The van der Waals surface area contributed by atoms with E-state index in [2.05, 4.69) is 20.8 Å². The van der Waals surface area contributed by atoms with Crippen LogP contribution in [0.5, 0.6) is 11.5 Å². The summed E-state index contributed by atoms with van der Waals surface area (Å²) in [6.07, 6.45) is 3.21. The molecule has 0 aromatic heterocycles. The van der Waals surface area contributed by atoms with Crippen LogP contribution in [0.4, 0.5) is 0 Å². The lowest BCUT2D eigenvalue weighted by molar-refractivity contribution is -0.124. The fraction of sp³-hybridized carbons (Fsp3) is 0.500. The number of ketones is 2. The number of methoxy groups -OCH3 is 2. The summed E-state index contributed by atoms with van der Waals surface area (Å²) in [6, 6.07) is 5.50. The monoisotopic (exact) mass is 330 g/mol. The summed E-state index contributed by atoms with van der Waals surface area (Å²) in [7, 11) is 3.17. The molecule has 1 saturated carbocycles. The van der Waals surface area contributed by atoms with Crippen molar-refractivity contribution < 1.29 is 19.1 Å². The number of carbonyl (C=O) groups is 2. The smallest absolute Gasteiger partial charge is 0.166 e. The summed E-state index contributed by atoms with van der Waals surface area (Å²) in [5.74, 6) is 1.06. The van der Waals surface area contributed by atoms with E-state index in [4.69, 9.17) is 9.47 Å². The Labute approximate surface area is 143 Å². The van der Waals surface area contributed by atoms with E-state index < -0.39 is 0 Å². The molecule has 0 aliphatic heterocycles. The number of rotatable bonds is 4. The Morgan fingerprint density at radius 1 is 1.08 bits per heavy atom. The second-order valence-corrected chi connectivity index (χ2v) is 7.44. The summed E-state index contributed by atoms with van der Waals surface area (Å²) in [5, 5.41) is 0. The largest absolute Gasteiger partial charge is 0.497 e. The highest BCUT2D eigenvalue weighted by atomic mass is 16.5. The molecule has 0 atom stereocenters. The Balaban J connectivity index is 2.23. The molecule has 1 aliphatic rings. The fourth-order valence-corrected chi connectivity index (χ4v) is 2.91. The lowest BCUT2D eigenvalue weighted by Crippen LogP contribution is -2.25. The molecule has 4 nitrogen and oxygen atoms in total. The van der Waals surface area contributed by atoms with Crippen LogP contribution in [0.15, 0.2) is 29.8 Å². The maximum Gasteiger partial charge on any atom is 0.166 e. The van der Waals surface area contributed by atoms with E-state index in [1.54, 1.807) is 20.3 Å². The molecular formula is C20H26O4. The molecule has 0 N–H and O–H groups in total. The third-order valence-electron chi connectivity index (χ3n) is 4.26. The summed E-state index contributed by atoms with van der Waals surface area (Å²) < 4.78 is 10.6. The highest BCUT2D eigenvalue weighted by molar-refractivity contribution is 6.22. The first-order valence-electron chi connectivity index (χ1n) is 8.23. The fourth-order valence-electron chi connectivity index (χ4n) is 2.91.